The standard InChI is InChI=1S/C44H44O10/c1-9-53-42(45)32-26-21-22-44(35-31(26)34(29(32)24-17-13-11-14-18-24)39(50-6)41(52-8)40(35)51-7)27-23-28(47-3)37(48-4)38(49-5)33(27)30(25-19-15-12-16-20-25)36(44)43(46)54-10-2/h11-20,23,26H,9-10,21-22H2,1-8H3/t26-,44+/m1/s1. The van der Waals surface area contributed by atoms with Crippen LogP contribution in [0, 0.1) is 0 Å². The van der Waals surface area contributed by atoms with E-state index < -0.39 is 23.3 Å². The molecule has 0 heterocycles. The topological polar surface area (TPSA) is 108 Å². The SMILES string of the molecule is CCOC(=O)C1=C(c2ccccc2)c2c(OC)c(OC)c(OC)c3c2[C@H]1CC[C@@]31C(C(=O)OCC)=C(c2ccccc2)c2c1cc(OC)c(OC)c2OC. The van der Waals surface area contributed by atoms with Gasteiger partial charge in [-0.05, 0) is 55.0 Å². The van der Waals surface area contributed by atoms with E-state index in [1.54, 1.807) is 56.5 Å². The quantitative estimate of drug-likeness (QED) is 0.135. The van der Waals surface area contributed by atoms with E-state index >= 15 is 0 Å². The summed E-state index contributed by atoms with van der Waals surface area (Å²) in [5.74, 6) is 0.907. The molecule has 0 aliphatic heterocycles. The van der Waals surface area contributed by atoms with Crippen LogP contribution in [-0.2, 0) is 24.5 Å². The number of carbonyl (C=O) groups is 2. The molecular formula is C44H44O10. The fourth-order valence-electron chi connectivity index (χ4n) is 8.99. The summed E-state index contributed by atoms with van der Waals surface area (Å²) in [7, 11) is 9.39. The third kappa shape index (κ3) is 5.06. The van der Waals surface area contributed by atoms with E-state index in [9.17, 15) is 9.59 Å². The van der Waals surface area contributed by atoms with Crippen LogP contribution in [0.3, 0.4) is 0 Å². The number of fused-ring (bicyclic) bond motifs is 3. The number of esters is 2. The fourth-order valence-corrected chi connectivity index (χ4v) is 8.99. The summed E-state index contributed by atoms with van der Waals surface area (Å²) in [4.78, 5) is 29.2. The van der Waals surface area contributed by atoms with Gasteiger partial charge in [-0.15, -0.1) is 0 Å². The third-order valence-corrected chi connectivity index (χ3v) is 10.8. The minimum absolute atomic E-state index is 0.136. The van der Waals surface area contributed by atoms with Crippen molar-refractivity contribution in [3.63, 3.8) is 0 Å². The monoisotopic (exact) mass is 732 g/mol. The van der Waals surface area contributed by atoms with Crippen molar-refractivity contribution in [1.29, 1.82) is 0 Å². The molecule has 3 aliphatic rings. The first-order valence-electron chi connectivity index (χ1n) is 18.0. The van der Waals surface area contributed by atoms with E-state index in [1.165, 1.54) is 0 Å². The summed E-state index contributed by atoms with van der Waals surface area (Å²) in [6.45, 7) is 3.91. The molecule has 0 saturated carbocycles. The van der Waals surface area contributed by atoms with Crippen molar-refractivity contribution in [3.05, 3.63) is 117 Å². The van der Waals surface area contributed by atoms with E-state index in [0.29, 0.717) is 86.3 Å². The molecule has 4 aromatic carbocycles. The van der Waals surface area contributed by atoms with Crippen molar-refractivity contribution < 1.29 is 47.5 Å². The first kappa shape index (κ1) is 36.5. The van der Waals surface area contributed by atoms with E-state index in [1.807, 2.05) is 66.7 Å². The van der Waals surface area contributed by atoms with Gasteiger partial charge in [0.15, 0.2) is 23.0 Å². The molecule has 0 saturated heterocycles. The lowest BCUT2D eigenvalue weighted by atomic mass is 9.60. The molecule has 4 aromatic rings. The molecule has 54 heavy (non-hydrogen) atoms. The largest absolute Gasteiger partial charge is 0.493 e. The van der Waals surface area contributed by atoms with Crippen LogP contribution in [0.4, 0.5) is 0 Å². The van der Waals surface area contributed by atoms with Crippen LogP contribution in [-0.4, -0.2) is 67.8 Å². The van der Waals surface area contributed by atoms with Gasteiger partial charge in [-0.1, -0.05) is 60.7 Å². The maximum Gasteiger partial charge on any atom is 0.335 e. The molecule has 0 unspecified atom stereocenters. The molecule has 1 spiro atoms. The molecule has 7 rings (SSSR count). The van der Waals surface area contributed by atoms with Crippen molar-refractivity contribution in [3.8, 4) is 34.5 Å². The fraction of sp³-hybridized carbons (Fsp3) is 0.318. The average molecular weight is 733 g/mol. The predicted molar refractivity (Wildman–Crippen MR) is 203 cm³/mol. The first-order chi connectivity index (χ1) is 26.3. The molecule has 0 radical (unpaired) electrons. The van der Waals surface area contributed by atoms with Gasteiger partial charge in [0.2, 0.25) is 11.5 Å². The Morgan fingerprint density at radius 1 is 0.630 bits per heavy atom. The smallest absolute Gasteiger partial charge is 0.335 e. The second kappa shape index (κ2) is 14.5. The Morgan fingerprint density at radius 3 is 1.70 bits per heavy atom. The van der Waals surface area contributed by atoms with Crippen molar-refractivity contribution in [2.45, 2.75) is 38.0 Å². The van der Waals surface area contributed by atoms with Crippen LogP contribution in [0.1, 0.15) is 71.6 Å². The minimum Gasteiger partial charge on any atom is -0.493 e. The number of rotatable bonds is 12. The Bertz CT molecular complexity index is 2200. The summed E-state index contributed by atoms with van der Waals surface area (Å²) in [5, 5.41) is 0. The Morgan fingerprint density at radius 2 is 1.17 bits per heavy atom. The van der Waals surface area contributed by atoms with Gasteiger partial charge in [0.25, 0.3) is 0 Å². The first-order valence-corrected chi connectivity index (χ1v) is 18.0. The zero-order chi connectivity index (χ0) is 38.3. The Kier molecular flexibility index (Phi) is 9.79. The molecule has 0 N–H and O–H groups in total. The van der Waals surface area contributed by atoms with E-state index in [0.717, 1.165) is 22.3 Å². The summed E-state index contributed by atoms with van der Waals surface area (Å²) in [5.41, 5.74) is 6.07. The number of ether oxygens (including phenoxy) is 8. The van der Waals surface area contributed by atoms with Crippen LogP contribution in [0.15, 0.2) is 77.9 Å². The van der Waals surface area contributed by atoms with Gasteiger partial charge in [0.1, 0.15) is 0 Å². The zero-order valence-corrected chi connectivity index (χ0v) is 31.8. The number of hydrogen-bond donors (Lipinski definition) is 0. The molecule has 0 amide bonds. The summed E-state index contributed by atoms with van der Waals surface area (Å²) in [6, 6.07) is 21.3. The number of hydrogen-bond acceptors (Lipinski definition) is 10. The molecule has 280 valence electrons. The molecule has 3 aliphatic carbocycles. The highest BCUT2D eigenvalue weighted by molar-refractivity contribution is 6.13. The van der Waals surface area contributed by atoms with Crippen LogP contribution in [0.25, 0.3) is 11.1 Å². The van der Waals surface area contributed by atoms with Crippen LogP contribution in [0.2, 0.25) is 0 Å². The normalized spacial score (nSPS) is 17.9. The lowest BCUT2D eigenvalue weighted by molar-refractivity contribution is -0.140. The number of benzene rings is 4. The Hall–Kier alpha value is -5.90. The maximum atomic E-state index is 14.9. The molecule has 10 nitrogen and oxygen atoms in total. The number of methoxy groups -OCH3 is 6. The van der Waals surface area contributed by atoms with Crippen molar-refractivity contribution in [1.82, 2.24) is 0 Å². The molecular weight excluding hydrogens is 688 g/mol. The minimum atomic E-state index is -1.24. The second-order valence-electron chi connectivity index (χ2n) is 13.0. The van der Waals surface area contributed by atoms with Gasteiger partial charge in [-0.2, -0.15) is 0 Å². The molecule has 0 bridgehead atoms. The highest BCUT2D eigenvalue weighted by atomic mass is 16.5. The third-order valence-electron chi connectivity index (χ3n) is 10.8. The van der Waals surface area contributed by atoms with E-state index in [2.05, 4.69) is 0 Å². The van der Waals surface area contributed by atoms with Crippen molar-refractivity contribution >= 4 is 23.1 Å². The Balaban J connectivity index is 1.74. The second-order valence-corrected chi connectivity index (χ2v) is 13.0. The van der Waals surface area contributed by atoms with Gasteiger partial charge in [-0.3, -0.25) is 0 Å². The highest BCUT2D eigenvalue weighted by Crippen LogP contribution is 2.70. The van der Waals surface area contributed by atoms with Crippen LogP contribution >= 0.6 is 0 Å². The zero-order valence-electron chi connectivity index (χ0n) is 31.8. The maximum absolute atomic E-state index is 14.9. The lowest BCUT2D eigenvalue weighted by Crippen LogP contribution is -2.38. The molecule has 0 aromatic heterocycles. The Labute approximate surface area is 315 Å². The highest BCUT2D eigenvalue weighted by Gasteiger charge is 2.60. The van der Waals surface area contributed by atoms with Crippen LogP contribution in [0.5, 0.6) is 34.5 Å². The number of carbonyl (C=O) groups excluding carboxylic acids is 2. The van der Waals surface area contributed by atoms with E-state index in [-0.39, 0.29) is 13.2 Å². The molecule has 2 atom stereocenters. The predicted octanol–water partition coefficient (Wildman–Crippen LogP) is 7.66. The van der Waals surface area contributed by atoms with Gasteiger partial charge >= 0.3 is 11.9 Å². The van der Waals surface area contributed by atoms with Gasteiger partial charge in [-0.25, -0.2) is 9.59 Å². The van der Waals surface area contributed by atoms with Crippen molar-refractivity contribution in [2.24, 2.45) is 0 Å². The van der Waals surface area contributed by atoms with Crippen LogP contribution < -0.4 is 28.4 Å². The van der Waals surface area contributed by atoms with Gasteiger partial charge in [0, 0.05) is 33.8 Å². The summed E-state index contributed by atoms with van der Waals surface area (Å²) >= 11 is 0. The van der Waals surface area contributed by atoms with E-state index in [4.69, 9.17) is 37.9 Å². The molecule has 0 fully saturated rings. The van der Waals surface area contributed by atoms with Gasteiger partial charge < -0.3 is 37.9 Å². The van der Waals surface area contributed by atoms with Crippen molar-refractivity contribution in [2.75, 3.05) is 55.9 Å². The summed E-state index contributed by atoms with van der Waals surface area (Å²) in [6.07, 6.45) is 0.807. The molecule has 10 heteroatoms. The lowest BCUT2D eigenvalue weighted by Gasteiger charge is -2.42. The van der Waals surface area contributed by atoms with Gasteiger partial charge in [0.05, 0.1) is 72.4 Å². The average Bonchev–Trinajstić information content (AvgIpc) is 3.70. The summed E-state index contributed by atoms with van der Waals surface area (Å²) < 4.78 is 48.7.